The Kier molecular flexibility index (Phi) is 5.17. The van der Waals surface area contributed by atoms with E-state index in [1.165, 1.54) is 17.7 Å². The molecule has 0 aliphatic rings. The Hall–Kier alpha value is -1.19. The summed E-state index contributed by atoms with van der Waals surface area (Å²) in [6.07, 6.45) is 0.917. The highest BCUT2D eigenvalue weighted by Gasteiger charge is 2.30. The molecule has 1 atom stereocenters. The first-order valence-electron chi connectivity index (χ1n) is 7.11. The number of likely N-dealkylation sites (N-methyl/N-ethyl adjacent to an activating group) is 1. The third-order valence-electron chi connectivity index (χ3n) is 4.14. The number of rotatable bonds is 5. The largest absolute Gasteiger partial charge is 0.316 e. The molecule has 21 heavy (non-hydrogen) atoms. The van der Waals surface area contributed by atoms with Crippen molar-refractivity contribution in [3.05, 3.63) is 69.9 Å². The molecule has 0 spiro atoms. The lowest BCUT2D eigenvalue weighted by atomic mass is 9.75. The van der Waals surface area contributed by atoms with Gasteiger partial charge in [0.25, 0.3) is 0 Å². The molecule has 0 radical (unpaired) electrons. The minimum atomic E-state index is -0.192. The maximum absolute atomic E-state index is 13.1. The molecule has 0 heterocycles. The van der Waals surface area contributed by atoms with E-state index in [9.17, 15) is 4.39 Å². The third kappa shape index (κ3) is 3.92. The molecule has 1 unspecified atom stereocenters. The zero-order chi connectivity index (χ0) is 15.5. The van der Waals surface area contributed by atoms with E-state index in [1.54, 1.807) is 0 Å². The van der Waals surface area contributed by atoms with Crippen LogP contribution in [-0.4, -0.2) is 13.1 Å². The summed E-state index contributed by atoms with van der Waals surface area (Å²) in [6.45, 7) is 4.39. The minimum absolute atomic E-state index is 0.0925. The molecule has 1 nitrogen and oxygen atoms in total. The quantitative estimate of drug-likeness (QED) is 0.825. The van der Waals surface area contributed by atoms with E-state index in [0.29, 0.717) is 0 Å². The maximum atomic E-state index is 13.1. The zero-order valence-electron chi connectivity index (χ0n) is 12.7. The monoisotopic (exact) mass is 349 g/mol. The molecule has 0 aliphatic heterocycles. The normalized spacial score (nSPS) is 13.2. The molecule has 2 rings (SSSR count). The first kappa shape index (κ1) is 16.2. The Morgan fingerprint density at radius 1 is 1.14 bits per heavy atom. The number of halogens is 2. The van der Waals surface area contributed by atoms with Crippen LogP contribution in [0, 0.1) is 5.82 Å². The van der Waals surface area contributed by atoms with Crippen LogP contribution in [0.2, 0.25) is 0 Å². The summed E-state index contributed by atoms with van der Waals surface area (Å²) in [7, 11) is 1.98. The Labute approximate surface area is 134 Å². The van der Waals surface area contributed by atoms with Gasteiger partial charge in [-0.3, -0.25) is 0 Å². The van der Waals surface area contributed by atoms with Crippen molar-refractivity contribution < 1.29 is 4.39 Å². The molecule has 112 valence electrons. The van der Waals surface area contributed by atoms with Crippen molar-refractivity contribution >= 4 is 15.9 Å². The first-order chi connectivity index (χ1) is 9.93. The lowest BCUT2D eigenvalue weighted by Gasteiger charge is -2.35. The van der Waals surface area contributed by atoms with Crippen LogP contribution >= 0.6 is 15.9 Å². The molecule has 0 fully saturated rings. The smallest absolute Gasteiger partial charge is 0.123 e. The summed E-state index contributed by atoms with van der Waals surface area (Å²) in [5, 5.41) is 3.41. The summed E-state index contributed by atoms with van der Waals surface area (Å²) < 4.78 is 14.2. The van der Waals surface area contributed by atoms with Gasteiger partial charge in [-0.2, -0.15) is 0 Å². The van der Waals surface area contributed by atoms with E-state index in [1.807, 2.05) is 25.2 Å². The summed E-state index contributed by atoms with van der Waals surface area (Å²) in [6, 6.07) is 15.4. The van der Waals surface area contributed by atoms with E-state index < -0.39 is 0 Å². The fourth-order valence-electron chi connectivity index (χ4n) is 2.70. The van der Waals surface area contributed by atoms with Crippen LogP contribution in [0.4, 0.5) is 4.39 Å². The van der Waals surface area contributed by atoms with E-state index >= 15 is 0 Å². The van der Waals surface area contributed by atoms with Crippen LogP contribution in [0.1, 0.15) is 25.0 Å². The zero-order valence-corrected chi connectivity index (χ0v) is 14.2. The Morgan fingerprint density at radius 2 is 1.81 bits per heavy atom. The van der Waals surface area contributed by atoms with Gasteiger partial charge >= 0.3 is 0 Å². The molecule has 0 saturated carbocycles. The number of hydrogen-bond donors (Lipinski definition) is 1. The number of benzene rings is 2. The second-order valence-corrected chi connectivity index (χ2v) is 6.82. The minimum Gasteiger partial charge on any atom is -0.316 e. The molecule has 0 amide bonds. The van der Waals surface area contributed by atoms with Gasteiger partial charge in [-0.05, 0) is 48.9 Å². The Morgan fingerprint density at radius 3 is 2.38 bits per heavy atom. The van der Waals surface area contributed by atoms with Gasteiger partial charge in [0.1, 0.15) is 5.82 Å². The van der Waals surface area contributed by atoms with Crippen molar-refractivity contribution in [3.63, 3.8) is 0 Å². The second-order valence-electron chi connectivity index (χ2n) is 5.90. The van der Waals surface area contributed by atoms with Crippen molar-refractivity contribution in [2.24, 2.45) is 0 Å². The van der Waals surface area contributed by atoms with Crippen LogP contribution in [0.15, 0.2) is 53.0 Å². The molecule has 0 saturated heterocycles. The predicted molar refractivity (Wildman–Crippen MR) is 90.1 cm³/mol. The van der Waals surface area contributed by atoms with E-state index in [2.05, 4.69) is 53.3 Å². The molecule has 1 N–H and O–H groups in total. The van der Waals surface area contributed by atoms with E-state index in [4.69, 9.17) is 0 Å². The molecule has 0 aromatic heterocycles. The number of nitrogens with one attached hydrogen (secondary N) is 1. The van der Waals surface area contributed by atoms with Crippen molar-refractivity contribution in [3.8, 4) is 0 Å². The van der Waals surface area contributed by atoms with Gasteiger partial charge in [-0.15, -0.1) is 0 Å². The molecule has 0 bridgehead atoms. The van der Waals surface area contributed by atoms with E-state index in [-0.39, 0.29) is 17.3 Å². The number of hydrogen-bond acceptors (Lipinski definition) is 1. The van der Waals surface area contributed by atoms with Crippen LogP contribution in [-0.2, 0) is 11.8 Å². The Bertz CT molecular complexity index is 592. The summed E-state index contributed by atoms with van der Waals surface area (Å²) >= 11 is 3.52. The molecular formula is C18H21BrFN. The standard InChI is InChI=1S/C18H21BrFN/c1-18(2,14-7-9-16(20)10-8-14)17(21-3)12-13-5-4-6-15(19)11-13/h4-11,17,21H,12H2,1-3H3. The van der Waals surface area contributed by atoms with Crippen molar-refractivity contribution in [2.45, 2.75) is 31.7 Å². The fourth-order valence-corrected chi connectivity index (χ4v) is 3.14. The maximum Gasteiger partial charge on any atom is 0.123 e. The van der Waals surface area contributed by atoms with Gasteiger partial charge in [0, 0.05) is 15.9 Å². The van der Waals surface area contributed by atoms with Crippen molar-refractivity contribution in [1.29, 1.82) is 0 Å². The van der Waals surface area contributed by atoms with Crippen LogP contribution in [0.5, 0.6) is 0 Å². The molecule has 0 aliphatic carbocycles. The highest BCUT2D eigenvalue weighted by atomic mass is 79.9. The molecule has 3 heteroatoms. The predicted octanol–water partition coefficient (Wildman–Crippen LogP) is 4.70. The summed E-state index contributed by atoms with van der Waals surface area (Å²) in [5.41, 5.74) is 2.32. The van der Waals surface area contributed by atoms with Crippen LogP contribution in [0.3, 0.4) is 0 Å². The fraction of sp³-hybridized carbons (Fsp3) is 0.333. The average Bonchev–Trinajstić information content (AvgIpc) is 2.45. The lowest BCUT2D eigenvalue weighted by Crippen LogP contribution is -2.44. The van der Waals surface area contributed by atoms with Gasteiger partial charge in [0.05, 0.1) is 0 Å². The second kappa shape index (κ2) is 6.71. The SMILES string of the molecule is CNC(Cc1cccc(Br)c1)C(C)(C)c1ccc(F)cc1. The van der Waals surface area contributed by atoms with Crippen LogP contribution in [0.25, 0.3) is 0 Å². The van der Waals surface area contributed by atoms with Gasteiger partial charge in [0.15, 0.2) is 0 Å². The summed E-state index contributed by atoms with van der Waals surface area (Å²) in [5.74, 6) is -0.192. The molecule has 2 aromatic rings. The van der Waals surface area contributed by atoms with Gasteiger partial charge in [-0.25, -0.2) is 4.39 Å². The van der Waals surface area contributed by atoms with Gasteiger partial charge < -0.3 is 5.32 Å². The first-order valence-corrected chi connectivity index (χ1v) is 7.90. The Balaban J connectivity index is 2.24. The highest BCUT2D eigenvalue weighted by molar-refractivity contribution is 9.10. The molecule has 2 aromatic carbocycles. The van der Waals surface area contributed by atoms with Gasteiger partial charge in [-0.1, -0.05) is 54.0 Å². The van der Waals surface area contributed by atoms with Gasteiger partial charge in [0.2, 0.25) is 0 Å². The molecular weight excluding hydrogens is 329 g/mol. The average molecular weight is 350 g/mol. The van der Waals surface area contributed by atoms with E-state index in [0.717, 1.165) is 16.5 Å². The highest BCUT2D eigenvalue weighted by Crippen LogP contribution is 2.29. The third-order valence-corrected chi connectivity index (χ3v) is 4.63. The van der Waals surface area contributed by atoms with Crippen LogP contribution < -0.4 is 5.32 Å². The lowest BCUT2D eigenvalue weighted by molar-refractivity contribution is 0.356. The topological polar surface area (TPSA) is 12.0 Å². The van der Waals surface area contributed by atoms with Crippen molar-refractivity contribution in [2.75, 3.05) is 7.05 Å². The van der Waals surface area contributed by atoms with Crippen molar-refractivity contribution in [1.82, 2.24) is 5.32 Å². The summed E-state index contributed by atoms with van der Waals surface area (Å²) in [4.78, 5) is 0.